The Balaban J connectivity index is 1.89. The number of nitrogens with two attached hydrogens (primary N) is 1. The molecule has 0 heterocycles. The van der Waals surface area contributed by atoms with E-state index in [2.05, 4.69) is 28.2 Å². The zero-order valence-electron chi connectivity index (χ0n) is 16.0. The molecule has 0 bridgehead atoms. The summed E-state index contributed by atoms with van der Waals surface area (Å²) in [6.45, 7) is 3.39. The number of nitrogens with one attached hydrogen (secondary N) is 1. The van der Waals surface area contributed by atoms with Crippen LogP contribution < -0.4 is 11.1 Å². The Morgan fingerprint density at radius 3 is 2.74 bits per heavy atom. The molecule has 152 valence electrons. The first-order chi connectivity index (χ1) is 13.0. The molecule has 1 aromatic carbocycles. The van der Waals surface area contributed by atoms with Gasteiger partial charge in [0.15, 0.2) is 0 Å². The van der Waals surface area contributed by atoms with Gasteiger partial charge in [-0.2, -0.15) is 11.8 Å². The maximum Gasteiger partial charge on any atom is 0.338 e. The maximum atomic E-state index is 12.3. The molecule has 27 heavy (non-hydrogen) atoms. The minimum atomic E-state index is -0.343. The number of carbonyl (C=O) groups excluding carboxylic acids is 1. The number of rotatable bonds is 10. The zero-order chi connectivity index (χ0) is 19.6. The number of benzene rings is 1. The molecule has 1 saturated carbocycles. The zero-order valence-corrected chi connectivity index (χ0v) is 18.4. The number of esters is 1. The number of carbonyl (C=O) groups is 1. The fraction of sp³-hybridized carbons (Fsp3) is 0.650. The molecule has 0 aliphatic heterocycles. The van der Waals surface area contributed by atoms with Crippen molar-refractivity contribution in [3.8, 4) is 0 Å². The Bertz CT molecular complexity index is 607. The van der Waals surface area contributed by atoms with Crippen LogP contribution in [0.4, 0.5) is 5.69 Å². The molecule has 0 amide bonds. The van der Waals surface area contributed by atoms with Crippen molar-refractivity contribution in [2.45, 2.75) is 51.6 Å². The third kappa shape index (κ3) is 7.29. The van der Waals surface area contributed by atoms with Crippen molar-refractivity contribution >= 4 is 39.3 Å². The summed E-state index contributed by atoms with van der Waals surface area (Å²) in [5, 5.41) is 12.4. The quantitative estimate of drug-likeness (QED) is 0.279. The Morgan fingerprint density at radius 2 is 2.07 bits per heavy atom. The predicted molar refractivity (Wildman–Crippen MR) is 116 cm³/mol. The van der Waals surface area contributed by atoms with Crippen LogP contribution in [0.3, 0.4) is 0 Å². The topological polar surface area (TPSA) is 84.6 Å². The van der Waals surface area contributed by atoms with Crippen LogP contribution in [-0.2, 0) is 11.3 Å². The third-order valence-electron chi connectivity index (χ3n) is 5.15. The number of nitrogen functional groups attached to an aromatic ring is 1. The van der Waals surface area contributed by atoms with E-state index in [1.165, 1.54) is 32.1 Å². The lowest BCUT2D eigenvalue weighted by Crippen LogP contribution is -2.33. The smallest absolute Gasteiger partial charge is 0.338 e. The van der Waals surface area contributed by atoms with Gasteiger partial charge < -0.3 is 20.9 Å². The average molecular weight is 459 g/mol. The molecular formula is C20H31BrN2O3S. The molecule has 0 atom stereocenters. The van der Waals surface area contributed by atoms with E-state index in [0.29, 0.717) is 42.0 Å². The molecular weight excluding hydrogens is 428 g/mol. The van der Waals surface area contributed by atoms with E-state index in [-0.39, 0.29) is 12.6 Å². The van der Waals surface area contributed by atoms with Gasteiger partial charge in [-0.25, -0.2) is 4.79 Å². The highest BCUT2D eigenvalue weighted by atomic mass is 79.9. The van der Waals surface area contributed by atoms with Crippen molar-refractivity contribution in [2.75, 3.05) is 30.5 Å². The molecule has 2 rings (SSSR count). The van der Waals surface area contributed by atoms with Gasteiger partial charge in [0.25, 0.3) is 0 Å². The summed E-state index contributed by atoms with van der Waals surface area (Å²) in [6.07, 6.45) is 6.25. The van der Waals surface area contributed by atoms with Crippen molar-refractivity contribution in [2.24, 2.45) is 5.92 Å². The molecule has 0 spiro atoms. The van der Waals surface area contributed by atoms with Gasteiger partial charge in [-0.15, -0.1) is 0 Å². The lowest BCUT2D eigenvalue weighted by atomic mass is 9.84. The molecule has 1 aliphatic carbocycles. The molecule has 1 aromatic rings. The highest BCUT2D eigenvalue weighted by Crippen LogP contribution is 2.29. The van der Waals surface area contributed by atoms with E-state index in [1.807, 2.05) is 6.07 Å². The third-order valence-corrected chi connectivity index (χ3v) is 6.74. The number of thioether (sulfide) groups is 1. The van der Waals surface area contributed by atoms with Gasteiger partial charge >= 0.3 is 5.97 Å². The van der Waals surface area contributed by atoms with Crippen molar-refractivity contribution < 1.29 is 14.6 Å². The number of hydrogen-bond acceptors (Lipinski definition) is 6. The van der Waals surface area contributed by atoms with Crippen molar-refractivity contribution in [1.29, 1.82) is 0 Å². The van der Waals surface area contributed by atoms with Gasteiger partial charge in [0, 0.05) is 28.6 Å². The summed E-state index contributed by atoms with van der Waals surface area (Å²) in [6, 6.07) is 4.06. The van der Waals surface area contributed by atoms with Crippen LogP contribution in [0.1, 0.15) is 54.9 Å². The van der Waals surface area contributed by atoms with E-state index in [0.717, 1.165) is 16.0 Å². The largest absolute Gasteiger partial charge is 0.461 e. The fourth-order valence-electron chi connectivity index (χ4n) is 3.41. The van der Waals surface area contributed by atoms with E-state index in [9.17, 15) is 4.79 Å². The molecule has 0 radical (unpaired) electrons. The van der Waals surface area contributed by atoms with Crippen molar-refractivity contribution in [3.05, 3.63) is 27.7 Å². The van der Waals surface area contributed by atoms with E-state index in [1.54, 1.807) is 17.8 Å². The number of halogens is 1. The summed E-state index contributed by atoms with van der Waals surface area (Å²) in [7, 11) is 0. The fourth-order valence-corrected chi connectivity index (χ4v) is 4.45. The molecule has 5 nitrogen and oxygen atoms in total. The Hall–Kier alpha value is -0.760. The van der Waals surface area contributed by atoms with Crippen LogP contribution in [0.5, 0.6) is 0 Å². The number of hydrogen-bond donors (Lipinski definition) is 3. The van der Waals surface area contributed by atoms with Gasteiger partial charge in [0.05, 0.1) is 17.9 Å². The summed E-state index contributed by atoms with van der Waals surface area (Å²) in [5.74, 6) is 1.86. The first-order valence-corrected chi connectivity index (χ1v) is 11.7. The second-order valence-electron chi connectivity index (χ2n) is 7.01. The minimum Gasteiger partial charge on any atom is -0.461 e. The van der Waals surface area contributed by atoms with Gasteiger partial charge in [-0.3, -0.25) is 0 Å². The predicted octanol–water partition coefficient (Wildman–Crippen LogP) is 3.97. The lowest BCUT2D eigenvalue weighted by Gasteiger charge is -2.28. The van der Waals surface area contributed by atoms with Crippen molar-refractivity contribution in [1.82, 2.24) is 5.32 Å². The lowest BCUT2D eigenvalue weighted by molar-refractivity contribution is 0.0530. The highest BCUT2D eigenvalue weighted by Gasteiger charge is 2.20. The molecule has 1 fully saturated rings. The van der Waals surface area contributed by atoms with Crippen LogP contribution >= 0.6 is 27.7 Å². The van der Waals surface area contributed by atoms with Gasteiger partial charge in [0.2, 0.25) is 0 Å². The SMILES string of the molecule is CCC1CCC(NCc2cc(C(=O)OCCSCCO)cc(Br)c2N)CC1. The summed E-state index contributed by atoms with van der Waals surface area (Å²) in [4.78, 5) is 12.3. The van der Waals surface area contributed by atoms with Crippen LogP contribution in [0.2, 0.25) is 0 Å². The molecule has 0 aromatic heterocycles. The van der Waals surface area contributed by atoms with Crippen LogP contribution in [0, 0.1) is 5.92 Å². The van der Waals surface area contributed by atoms with Crippen LogP contribution in [0.25, 0.3) is 0 Å². The molecule has 7 heteroatoms. The molecule has 0 unspecified atom stereocenters. The standard InChI is InChI=1S/C20H31BrN2O3S/c1-2-14-3-5-17(6-4-14)23-13-16-11-15(12-18(21)19(16)22)20(25)26-8-10-27-9-7-24/h11-12,14,17,23-24H,2-10,13,22H2,1H3. The summed E-state index contributed by atoms with van der Waals surface area (Å²) in [5.41, 5.74) is 8.30. The van der Waals surface area contributed by atoms with E-state index < -0.39 is 0 Å². The van der Waals surface area contributed by atoms with E-state index >= 15 is 0 Å². The van der Waals surface area contributed by atoms with Gasteiger partial charge in [-0.05, 0) is 65.2 Å². The second kappa shape index (κ2) is 11.9. The van der Waals surface area contributed by atoms with Crippen molar-refractivity contribution in [3.63, 3.8) is 0 Å². The highest BCUT2D eigenvalue weighted by molar-refractivity contribution is 9.10. The number of ether oxygens (including phenoxy) is 1. The van der Waals surface area contributed by atoms with Crippen LogP contribution in [0.15, 0.2) is 16.6 Å². The van der Waals surface area contributed by atoms with Gasteiger partial charge in [-0.1, -0.05) is 13.3 Å². The second-order valence-corrected chi connectivity index (χ2v) is 9.09. The first kappa shape index (κ1) is 22.5. The van der Waals surface area contributed by atoms with Gasteiger partial charge in [0.1, 0.15) is 6.61 Å². The first-order valence-electron chi connectivity index (χ1n) is 9.72. The van der Waals surface area contributed by atoms with E-state index in [4.69, 9.17) is 15.6 Å². The van der Waals surface area contributed by atoms with Crippen LogP contribution in [-0.4, -0.2) is 41.8 Å². The average Bonchev–Trinajstić information content (AvgIpc) is 2.69. The Labute approximate surface area is 174 Å². The normalized spacial score (nSPS) is 19.8. The maximum absolute atomic E-state index is 12.3. The Morgan fingerprint density at radius 1 is 1.33 bits per heavy atom. The monoisotopic (exact) mass is 458 g/mol. The number of aliphatic hydroxyl groups excluding tert-OH is 1. The number of aliphatic hydroxyl groups is 1. The number of anilines is 1. The summed E-state index contributed by atoms with van der Waals surface area (Å²) >= 11 is 5.02. The Kier molecular flexibility index (Phi) is 9.96. The minimum absolute atomic E-state index is 0.139. The molecule has 4 N–H and O–H groups in total. The molecule has 0 saturated heterocycles. The summed E-state index contributed by atoms with van der Waals surface area (Å²) < 4.78 is 6.04. The molecule has 1 aliphatic rings.